The lowest BCUT2D eigenvalue weighted by molar-refractivity contribution is 0.390. The van der Waals surface area contributed by atoms with Crippen LogP contribution in [0.4, 0.5) is 0 Å². The fraction of sp³-hybridized carbons (Fsp3) is 0.222. The highest BCUT2D eigenvalue weighted by molar-refractivity contribution is 7.86. The zero-order valence-corrected chi connectivity index (χ0v) is 9.67. The molecule has 3 N–H and O–H groups in total. The van der Waals surface area contributed by atoms with Gasteiger partial charge in [0, 0.05) is 0 Å². The molecule has 0 bridgehead atoms. The Bertz CT molecular complexity index is 510. The summed E-state index contributed by atoms with van der Waals surface area (Å²) >= 11 is 0. The largest absolute Gasteiger partial charge is 0.492 e. The molecule has 0 aliphatic carbocycles. The molecule has 0 amide bonds. The Balaban J connectivity index is 3.30. The number of nitrogens with two attached hydrogens (primary N) is 1. The molecule has 0 radical (unpaired) electrons. The van der Waals surface area contributed by atoms with E-state index in [4.69, 9.17) is 20.1 Å². The number of hydrogen-bond donors (Lipinski definition) is 2. The van der Waals surface area contributed by atoms with Gasteiger partial charge >= 0.3 is 10.1 Å². The molecule has 0 aliphatic rings. The van der Waals surface area contributed by atoms with Crippen molar-refractivity contribution in [3.05, 3.63) is 23.8 Å². The van der Waals surface area contributed by atoms with Gasteiger partial charge in [0.2, 0.25) is 0 Å². The molecule has 0 aromatic heterocycles. The lowest BCUT2D eigenvalue weighted by atomic mass is 10.1. The predicted octanol–water partition coefficient (Wildman–Crippen LogP) is 0.318. The molecular weight excluding hydrogens is 232 g/mol. The summed E-state index contributed by atoms with van der Waals surface area (Å²) in [5.41, 5.74) is 5.60. The molecule has 0 saturated heterocycles. The van der Waals surface area contributed by atoms with Gasteiger partial charge in [-0.2, -0.15) is 8.42 Å². The minimum Gasteiger partial charge on any atom is -0.492 e. The van der Waals surface area contributed by atoms with Gasteiger partial charge < -0.3 is 14.7 Å². The van der Waals surface area contributed by atoms with Gasteiger partial charge in [-0.1, -0.05) is 6.07 Å². The highest BCUT2D eigenvalue weighted by atomic mass is 32.2. The fourth-order valence-corrected chi connectivity index (χ4v) is 1.62. The van der Waals surface area contributed by atoms with Crippen molar-refractivity contribution in [3.8, 4) is 11.5 Å². The van der Waals surface area contributed by atoms with E-state index in [1.54, 1.807) is 0 Å². The van der Waals surface area contributed by atoms with Gasteiger partial charge in [0.05, 0.1) is 18.9 Å². The van der Waals surface area contributed by atoms with Crippen LogP contribution in [0.5, 0.6) is 11.5 Å². The van der Waals surface area contributed by atoms with E-state index >= 15 is 0 Å². The van der Waals surface area contributed by atoms with Gasteiger partial charge in [0.15, 0.2) is 11.5 Å². The molecule has 0 aliphatic heterocycles. The molecule has 1 aromatic rings. The zero-order chi connectivity index (χ0) is 12.3. The van der Waals surface area contributed by atoms with E-state index in [-0.39, 0.29) is 22.9 Å². The Kier molecular flexibility index (Phi) is 3.38. The topological polar surface area (TPSA) is 102 Å². The van der Waals surface area contributed by atoms with Crippen molar-refractivity contribution in [2.24, 2.45) is 5.73 Å². The summed E-state index contributed by atoms with van der Waals surface area (Å²) < 4.78 is 31.7. The van der Waals surface area contributed by atoms with E-state index < -0.39 is 10.1 Å². The first-order valence-corrected chi connectivity index (χ1v) is 6.07. The van der Waals surface area contributed by atoms with Crippen LogP contribution in [0, 0.1) is 5.41 Å². The number of methoxy groups -OCH3 is 1. The maximum atomic E-state index is 11.0. The van der Waals surface area contributed by atoms with Crippen molar-refractivity contribution in [1.82, 2.24) is 0 Å². The molecule has 88 valence electrons. The van der Waals surface area contributed by atoms with Crippen LogP contribution in [0.1, 0.15) is 5.56 Å². The second-order valence-corrected chi connectivity index (χ2v) is 4.61. The van der Waals surface area contributed by atoms with Crippen molar-refractivity contribution in [2.75, 3.05) is 13.4 Å². The van der Waals surface area contributed by atoms with Crippen LogP contribution in [0.2, 0.25) is 0 Å². The zero-order valence-electron chi connectivity index (χ0n) is 8.85. The molecule has 0 saturated carbocycles. The van der Waals surface area contributed by atoms with Crippen LogP contribution in [-0.4, -0.2) is 27.6 Å². The standard InChI is InChI=1S/C9H12N2O4S/c1-14-8-6(9(10)11)4-3-5-7(8)15-16(2,12)13/h3-5H,1-2H3,(H3,10,11). The quantitative estimate of drug-likeness (QED) is 0.451. The summed E-state index contributed by atoms with van der Waals surface area (Å²) in [4.78, 5) is 0. The second kappa shape index (κ2) is 4.40. The summed E-state index contributed by atoms with van der Waals surface area (Å²) in [6, 6.07) is 4.49. The number of para-hydroxylation sites is 1. The Labute approximate surface area is 93.6 Å². The van der Waals surface area contributed by atoms with Crippen LogP contribution in [-0.2, 0) is 10.1 Å². The first-order chi connectivity index (χ1) is 7.35. The Morgan fingerprint density at radius 2 is 2.06 bits per heavy atom. The third-order valence-corrected chi connectivity index (χ3v) is 2.20. The van der Waals surface area contributed by atoms with Gasteiger partial charge in [-0.3, -0.25) is 5.41 Å². The molecule has 1 aromatic carbocycles. The van der Waals surface area contributed by atoms with Gasteiger partial charge in [-0.15, -0.1) is 0 Å². The second-order valence-electron chi connectivity index (χ2n) is 3.04. The Morgan fingerprint density at radius 3 is 2.50 bits per heavy atom. The maximum absolute atomic E-state index is 11.0. The highest BCUT2D eigenvalue weighted by Gasteiger charge is 2.15. The molecule has 0 unspecified atom stereocenters. The fourth-order valence-electron chi connectivity index (χ4n) is 1.17. The van der Waals surface area contributed by atoms with Gasteiger partial charge in [-0.05, 0) is 12.1 Å². The number of ether oxygens (including phenoxy) is 1. The number of amidine groups is 1. The lowest BCUT2D eigenvalue weighted by Crippen LogP contribution is -2.14. The van der Waals surface area contributed by atoms with Crippen molar-refractivity contribution >= 4 is 16.0 Å². The summed E-state index contributed by atoms with van der Waals surface area (Å²) in [6.45, 7) is 0. The van der Waals surface area contributed by atoms with E-state index in [9.17, 15) is 8.42 Å². The van der Waals surface area contributed by atoms with Crippen molar-refractivity contribution in [3.63, 3.8) is 0 Å². The summed E-state index contributed by atoms with van der Waals surface area (Å²) in [6.07, 6.45) is 0.923. The van der Waals surface area contributed by atoms with Crippen LogP contribution in [0.15, 0.2) is 18.2 Å². The molecule has 0 heterocycles. The van der Waals surface area contributed by atoms with E-state index in [0.29, 0.717) is 0 Å². The van der Waals surface area contributed by atoms with Crippen molar-refractivity contribution < 1.29 is 17.3 Å². The maximum Gasteiger partial charge on any atom is 0.306 e. The van der Waals surface area contributed by atoms with E-state index in [2.05, 4.69) is 0 Å². The SMILES string of the molecule is COc1c(OS(C)(=O)=O)cccc1C(=N)N. The number of nitrogen functional groups attached to an aromatic ring is 1. The first-order valence-electron chi connectivity index (χ1n) is 4.26. The Hall–Kier alpha value is -1.76. The third-order valence-electron chi connectivity index (χ3n) is 1.71. The highest BCUT2D eigenvalue weighted by Crippen LogP contribution is 2.31. The van der Waals surface area contributed by atoms with E-state index in [0.717, 1.165) is 6.26 Å². The number of nitrogens with one attached hydrogen (secondary N) is 1. The average Bonchev–Trinajstić information content (AvgIpc) is 2.14. The van der Waals surface area contributed by atoms with Gasteiger partial charge in [0.1, 0.15) is 5.84 Å². The normalized spacial score (nSPS) is 10.9. The number of hydrogen-bond acceptors (Lipinski definition) is 5. The van der Waals surface area contributed by atoms with E-state index in [1.807, 2.05) is 0 Å². The molecule has 1 rings (SSSR count). The molecule has 0 fully saturated rings. The summed E-state index contributed by atoms with van der Waals surface area (Å²) in [5.74, 6) is -0.0890. The molecule has 7 heteroatoms. The lowest BCUT2D eigenvalue weighted by Gasteiger charge is -2.11. The summed E-state index contributed by atoms with van der Waals surface area (Å²) in [7, 11) is -2.30. The average molecular weight is 244 g/mol. The van der Waals surface area contributed by atoms with Gasteiger partial charge in [0.25, 0.3) is 0 Å². The Morgan fingerprint density at radius 1 is 1.44 bits per heavy atom. The first kappa shape index (κ1) is 12.3. The van der Waals surface area contributed by atoms with E-state index in [1.165, 1.54) is 25.3 Å². The summed E-state index contributed by atoms with van der Waals surface area (Å²) in [5, 5.41) is 7.30. The van der Waals surface area contributed by atoms with Crippen LogP contribution < -0.4 is 14.7 Å². The van der Waals surface area contributed by atoms with Crippen LogP contribution in [0.25, 0.3) is 0 Å². The monoisotopic (exact) mass is 244 g/mol. The predicted molar refractivity (Wildman–Crippen MR) is 59.5 cm³/mol. The molecule has 0 spiro atoms. The van der Waals surface area contributed by atoms with Crippen LogP contribution in [0.3, 0.4) is 0 Å². The minimum atomic E-state index is -3.64. The molecular formula is C9H12N2O4S. The number of rotatable bonds is 4. The molecule has 6 nitrogen and oxygen atoms in total. The molecule has 16 heavy (non-hydrogen) atoms. The number of benzene rings is 1. The van der Waals surface area contributed by atoms with Crippen molar-refractivity contribution in [1.29, 1.82) is 5.41 Å². The minimum absolute atomic E-state index is 0.0118. The third kappa shape index (κ3) is 2.86. The van der Waals surface area contributed by atoms with Crippen molar-refractivity contribution in [2.45, 2.75) is 0 Å². The van der Waals surface area contributed by atoms with Crippen LogP contribution >= 0.6 is 0 Å². The molecule has 0 atom stereocenters. The van der Waals surface area contributed by atoms with Gasteiger partial charge in [-0.25, -0.2) is 0 Å². The smallest absolute Gasteiger partial charge is 0.306 e.